The molecular weight excluding hydrogens is 184 g/mol. The molecule has 3 atom stereocenters. The van der Waals surface area contributed by atoms with E-state index in [9.17, 15) is 0 Å². The fourth-order valence-corrected chi connectivity index (χ4v) is 3.26. The van der Waals surface area contributed by atoms with Gasteiger partial charge in [0.2, 0.25) is 0 Å². The van der Waals surface area contributed by atoms with E-state index in [0.29, 0.717) is 0 Å². The normalized spacial score (nSPS) is 34.2. The molecular formula is C13H26N2. The molecule has 2 nitrogen and oxygen atoms in total. The zero-order valence-electron chi connectivity index (χ0n) is 10.3. The molecule has 2 bridgehead atoms. The van der Waals surface area contributed by atoms with Crippen molar-refractivity contribution in [3.63, 3.8) is 0 Å². The molecule has 88 valence electrons. The Kier molecular flexibility index (Phi) is 4.04. The number of hydrogen-bond donors (Lipinski definition) is 1. The van der Waals surface area contributed by atoms with Crippen LogP contribution < -0.4 is 5.32 Å². The van der Waals surface area contributed by atoms with Crippen LogP contribution in [0.25, 0.3) is 0 Å². The molecule has 2 saturated heterocycles. The Morgan fingerprint density at radius 2 is 2.13 bits per heavy atom. The van der Waals surface area contributed by atoms with E-state index in [1.54, 1.807) is 0 Å². The molecule has 0 saturated carbocycles. The van der Waals surface area contributed by atoms with Gasteiger partial charge < -0.3 is 10.2 Å². The van der Waals surface area contributed by atoms with Gasteiger partial charge in [0.05, 0.1) is 0 Å². The lowest BCUT2D eigenvalue weighted by Gasteiger charge is -2.26. The first-order valence-corrected chi connectivity index (χ1v) is 6.74. The van der Waals surface area contributed by atoms with Crippen molar-refractivity contribution in [1.29, 1.82) is 0 Å². The Morgan fingerprint density at radius 3 is 2.73 bits per heavy atom. The molecule has 3 unspecified atom stereocenters. The number of unbranched alkanes of at least 4 members (excludes halogenated alkanes) is 2. The molecule has 2 heterocycles. The lowest BCUT2D eigenvalue weighted by molar-refractivity contribution is 0.245. The van der Waals surface area contributed by atoms with E-state index >= 15 is 0 Å². The summed E-state index contributed by atoms with van der Waals surface area (Å²) in [6.07, 6.45) is 8.39. The van der Waals surface area contributed by atoms with Crippen LogP contribution in [-0.2, 0) is 0 Å². The molecule has 0 aromatic rings. The van der Waals surface area contributed by atoms with Gasteiger partial charge in [-0.2, -0.15) is 0 Å². The molecule has 0 aromatic carbocycles. The van der Waals surface area contributed by atoms with E-state index in [4.69, 9.17) is 0 Å². The summed E-state index contributed by atoms with van der Waals surface area (Å²) in [5, 5.41) is 3.72. The monoisotopic (exact) mass is 210 g/mol. The minimum Gasteiger partial charge on any atom is -0.311 e. The van der Waals surface area contributed by atoms with E-state index in [2.05, 4.69) is 24.2 Å². The van der Waals surface area contributed by atoms with Crippen LogP contribution >= 0.6 is 0 Å². The van der Waals surface area contributed by atoms with E-state index in [1.165, 1.54) is 51.6 Å². The van der Waals surface area contributed by atoms with Gasteiger partial charge in [-0.3, -0.25) is 0 Å². The number of rotatable bonds is 6. The zero-order chi connectivity index (χ0) is 10.7. The fraction of sp³-hybridized carbons (Fsp3) is 1.00. The van der Waals surface area contributed by atoms with Crippen molar-refractivity contribution in [3.05, 3.63) is 0 Å². The van der Waals surface area contributed by atoms with Crippen molar-refractivity contribution >= 4 is 0 Å². The maximum atomic E-state index is 3.72. The van der Waals surface area contributed by atoms with Crippen LogP contribution in [0.3, 0.4) is 0 Å². The molecule has 0 spiro atoms. The second-order valence-electron chi connectivity index (χ2n) is 5.51. The highest BCUT2D eigenvalue weighted by atomic mass is 15.1. The summed E-state index contributed by atoms with van der Waals surface area (Å²) in [7, 11) is 2.29. The fourth-order valence-electron chi connectivity index (χ4n) is 3.26. The third-order valence-electron chi connectivity index (χ3n) is 4.12. The topological polar surface area (TPSA) is 15.3 Å². The average Bonchev–Trinajstić information content (AvgIpc) is 2.79. The minimum atomic E-state index is 0.851. The van der Waals surface area contributed by atoms with Gasteiger partial charge >= 0.3 is 0 Å². The Hall–Kier alpha value is -0.0800. The summed E-state index contributed by atoms with van der Waals surface area (Å²) < 4.78 is 0. The number of nitrogens with one attached hydrogen (secondary N) is 1. The van der Waals surface area contributed by atoms with E-state index < -0.39 is 0 Å². The Morgan fingerprint density at radius 1 is 1.27 bits per heavy atom. The lowest BCUT2D eigenvalue weighted by Crippen LogP contribution is -2.33. The molecule has 0 amide bonds. The Balaban J connectivity index is 1.64. The molecule has 0 radical (unpaired) electrons. The van der Waals surface area contributed by atoms with Gasteiger partial charge in [-0.1, -0.05) is 19.8 Å². The van der Waals surface area contributed by atoms with Crippen LogP contribution in [0.4, 0.5) is 0 Å². The van der Waals surface area contributed by atoms with E-state index in [1.807, 2.05) is 0 Å². The van der Waals surface area contributed by atoms with Gasteiger partial charge in [-0.05, 0) is 45.2 Å². The van der Waals surface area contributed by atoms with Gasteiger partial charge in [-0.25, -0.2) is 0 Å². The summed E-state index contributed by atoms with van der Waals surface area (Å²) in [4.78, 5) is 2.54. The standard InChI is InChI=1S/C13H26N2/c1-3-4-5-8-15(2)10-11-9-12-6-7-13(11)14-12/h11-14H,3-10H2,1-2H3. The van der Waals surface area contributed by atoms with Gasteiger partial charge in [0.15, 0.2) is 0 Å². The van der Waals surface area contributed by atoms with Gasteiger partial charge in [-0.15, -0.1) is 0 Å². The minimum absolute atomic E-state index is 0.851. The Bertz CT molecular complexity index is 193. The summed E-state index contributed by atoms with van der Waals surface area (Å²) in [6, 6.07) is 1.72. The van der Waals surface area contributed by atoms with Crippen LogP contribution in [0.1, 0.15) is 45.4 Å². The SMILES string of the molecule is CCCCCN(C)CC1CC2CCC1N2. The maximum absolute atomic E-state index is 3.72. The lowest BCUT2D eigenvalue weighted by atomic mass is 9.89. The van der Waals surface area contributed by atoms with Gasteiger partial charge in [0.25, 0.3) is 0 Å². The number of hydrogen-bond acceptors (Lipinski definition) is 2. The average molecular weight is 210 g/mol. The smallest absolute Gasteiger partial charge is 0.0111 e. The highest BCUT2D eigenvalue weighted by molar-refractivity contribution is 4.97. The van der Waals surface area contributed by atoms with Crippen LogP contribution in [0.2, 0.25) is 0 Å². The third kappa shape index (κ3) is 2.94. The Labute approximate surface area is 94.4 Å². The first kappa shape index (κ1) is 11.4. The second-order valence-corrected chi connectivity index (χ2v) is 5.51. The maximum Gasteiger partial charge on any atom is 0.0111 e. The molecule has 0 aromatic heterocycles. The van der Waals surface area contributed by atoms with Gasteiger partial charge in [0.1, 0.15) is 0 Å². The van der Waals surface area contributed by atoms with Crippen molar-refractivity contribution < 1.29 is 0 Å². The summed E-state index contributed by atoms with van der Waals surface area (Å²) in [6.45, 7) is 4.89. The highest BCUT2D eigenvalue weighted by Gasteiger charge is 2.38. The first-order chi connectivity index (χ1) is 7.29. The molecule has 2 heteroatoms. The van der Waals surface area contributed by atoms with Crippen molar-refractivity contribution in [1.82, 2.24) is 10.2 Å². The highest BCUT2D eigenvalue weighted by Crippen LogP contribution is 2.33. The number of fused-ring (bicyclic) bond motifs is 2. The van der Waals surface area contributed by atoms with Crippen molar-refractivity contribution in [2.24, 2.45) is 5.92 Å². The first-order valence-electron chi connectivity index (χ1n) is 6.74. The molecule has 2 aliphatic heterocycles. The molecule has 1 N–H and O–H groups in total. The quantitative estimate of drug-likeness (QED) is 0.676. The van der Waals surface area contributed by atoms with Crippen molar-refractivity contribution in [2.45, 2.75) is 57.5 Å². The van der Waals surface area contributed by atoms with Gasteiger partial charge in [0, 0.05) is 18.6 Å². The van der Waals surface area contributed by atoms with Crippen LogP contribution in [0.5, 0.6) is 0 Å². The van der Waals surface area contributed by atoms with Crippen LogP contribution in [0.15, 0.2) is 0 Å². The van der Waals surface area contributed by atoms with Crippen LogP contribution in [0, 0.1) is 5.92 Å². The van der Waals surface area contributed by atoms with Crippen LogP contribution in [-0.4, -0.2) is 37.1 Å². The molecule has 2 fully saturated rings. The molecule has 2 rings (SSSR count). The van der Waals surface area contributed by atoms with E-state index in [0.717, 1.165) is 18.0 Å². The molecule has 0 aliphatic carbocycles. The number of nitrogens with zero attached hydrogens (tertiary/aromatic N) is 1. The summed E-state index contributed by atoms with van der Waals surface area (Å²) in [5.41, 5.74) is 0. The van der Waals surface area contributed by atoms with Crippen molar-refractivity contribution in [2.75, 3.05) is 20.1 Å². The third-order valence-corrected chi connectivity index (χ3v) is 4.12. The largest absolute Gasteiger partial charge is 0.311 e. The molecule has 2 aliphatic rings. The summed E-state index contributed by atoms with van der Waals surface area (Å²) in [5.74, 6) is 0.940. The van der Waals surface area contributed by atoms with Crippen molar-refractivity contribution in [3.8, 4) is 0 Å². The molecule has 15 heavy (non-hydrogen) atoms. The predicted octanol–water partition coefficient (Wildman–Crippen LogP) is 2.25. The summed E-state index contributed by atoms with van der Waals surface area (Å²) >= 11 is 0. The second kappa shape index (κ2) is 5.31. The van der Waals surface area contributed by atoms with E-state index in [-0.39, 0.29) is 0 Å². The zero-order valence-corrected chi connectivity index (χ0v) is 10.3. The predicted molar refractivity (Wildman–Crippen MR) is 65.1 cm³/mol.